The number of nitrogens with one attached hydrogen (secondary N) is 1. The quantitative estimate of drug-likeness (QED) is 0.855. The van der Waals surface area contributed by atoms with Crippen molar-refractivity contribution in [1.82, 2.24) is 9.55 Å². The Morgan fingerprint density at radius 2 is 1.89 bits per heavy atom. The van der Waals surface area contributed by atoms with E-state index in [1.807, 2.05) is 41.5 Å². The average Bonchev–Trinajstić information content (AvgIpc) is 2.18. The maximum absolute atomic E-state index is 12.3. The van der Waals surface area contributed by atoms with Gasteiger partial charge in [-0.2, -0.15) is 0 Å². The molecule has 0 saturated carbocycles. The molecule has 0 spiro atoms. The predicted octanol–water partition coefficient (Wildman–Crippen LogP) is 1.54. The van der Waals surface area contributed by atoms with E-state index in [9.17, 15) is 4.79 Å². The molecule has 3 N–H and O–H groups in total. The number of aromatic nitrogens is 2. The maximum Gasteiger partial charge on any atom is 0.293 e. The van der Waals surface area contributed by atoms with Crippen molar-refractivity contribution in [2.24, 2.45) is 5.73 Å². The summed E-state index contributed by atoms with van der Waals surface area (Å²) in [6, 6.07) is -0.0954. The van der Waals surface area contributed by atoms with E-state index in [-0.39, 0.29) is 22.7 Å². The molecule has 0 aliphatic carbocycles. The summed E-state index contributed by atoms with van der Waals surface area (Å²) in [5.74, 6) is 0.342. The molecule has 0 saturated heterocycles. The predicted molar refractivity (Wildman–Crippen MR) is 74.8 cm³/mol. The normalized spacial score (nSPS) is 14.4. The number of rotatable bonds is 3. The van der Waals surface area contributed by atoms with E-state index in [2.05, 4.69) is 10.3 Å². The highest BCUT2D eigenvalue weighted by molar-refractivity contribution is 5.35. The fraction of sp³-hybridized carbons (Fsp3) is 0.692. The molecule has 0 aliphatic heterocycles. The van der Waals surface area contributed by atoms with Gasteiger partial charge in [0.2, 0.25) is 0 Å². The van der Waals surface area contributed by atoms with Crippen molar-refractivity contribution >= 4 is 5.82 Å². The molecule has 1 aromatic rings. The molecule has 1 heterocycles. The first-order valence-corrected chi connectivity index (χ1v) is 6.17. The summed E-state index contributed by atoms with van der Waals surface area (Å²) in [7, 11) is 0. The van der Waals surface area contributed by atoms with E-state index in [1.165, 1.54) is 0 Å². The summed E-state index contributed by atoms with van der Waals surface area (Å²) in [6.07, 6.45) is 3.33. The van der Waals surface area contributed by atoms with Gasteiger partial charge in [-0.05, 0) is 41.5 Å². The van der Waals surface area contributed by atoms with Crippen molar-refractivity contribution < 1.29 is 0 Å². The number of hydrogen-bond acceptors (Lipinski definition) is 4. The minimum Gasteiger partial charge on any atom is -0.359 e. The van der Waals surface area contributed by atoms with Crippen LogP contribution in [0, 0.1) is 0 Å². The minimum absolute atomic E-state index is 0.0954. The van der Waals surface area contributed by atoms with Crippen LogP contribution in [0.5, 0.6) is 0 Å². The van der Waals surface area contributed by atoms with E-state index in [0.717, 1.165) is 0 Å². The van der Waals surface area contributed by atoms with Crippen molar-refractivity contribution in [3.05, 3.63) is 22.7 Å². The Labute approximate surface area is 108 Å². The lowest BCUT2D eigenvalue weighted by Gasteiger charge is -2.31. The summed E-state index contributed by atoms with van der Waals surface area (Å²) in [5, 5.41) is 3.13. The molecule has 0 radical (unpaired) electrons. The Bertz CT molecular complexity index is 469. The van der Waals surface area contributed by atoms with Gasteiger partial charge in [-0.15, -0.1) is 0 Å². The molecule has 0 amide bonds. The first-order valence-electron chi connectivity index (χ1n) is 6.17. The molecule has 5 nitrogen and oxygen atoms in total. The first kappa shape index (κ1) is 14.7. The SMILES string of the molecule is CC(N)C(C)(C)Nc1nccn(C(C)(C)C)c1=O. The van der Waals surface area contributed by atoms with Crippen LogP contribution in [0.15, 0.2) is 17.2 Å². The number of nitrogens with two attached hydrogens (primary N) is 1. The van der Waals surface area contributed by atoms with Gasteiger partial charge in [0.15, 0.2) is 5.82 Å². The molecule has 18 heavy (non-hydrogen) atoms. The van der Waals surface area contributed by atoms with Crippen LogP contribution in [-0.4, -0.2) is 21.1 Å². The number of hydrogen-bond donors (Lipinski definition) is 2. The van der Waals surface area contributed by atoms with Gasteiger partial charge < -0.3 is 15.6 Å². The van der Waals surface area contributed by atoms with Crippen LogP contribution in [0.2, 0.25) is 0 Å². The standard InChI is InChI=1S/C13H24N4O/c1-9(14)13(5,6)16-10-11(18)17(8-7-15-10)12(2,3)4/h7-9H,14H2,1-6H3,(H,15,16). The molecule has 1 rings (SSSR count). The second-order valence-corrected chi connectivity index (χ2v) is 6.26. The van der Waals surface area contributed by atoms with Crippen LogP contribution in [0.4, 0.5) is 5.82 Å². The Balaban J connectivity index is 3.18. The van der Waals surface area contributed by atoms with Gasteiger partial charge in [0.05, 0.1) is 0 Å². The fourth-order valence-corrected chi connectivity index (χ4v) is 1.44. The molecule has 0 fully saturated rings. The Morgan fingerprint density at radius 3 is 2.33 bits per heavy atom. The zero-order valence-corrected chi connectivity index (χ0v) is 12.1. The van der Waals surface area contributed by atoms with E-state index < -0.39 is 0 Å². The summed E-state index contributed by atoms with van der Waals surface area (Å²) < 4.78 is 1.67. The third kappa shape index (κ3) is 3.10. The molecule has 5 heteroatoms. The van der Waals surface area contributed by atoms with Crippen LogP contribution in [-0.2, 0) is 5.54 Å². The van der Waals surface area contributed by atoms with Crippen molar-refractivity contribution in [1.29, 1.82) is 0 Å². The molecular formula is C13H24N4O. The molecule has 0 bridgehead atoms. The topological polar surface area (TPSA) is 72.9 Å². The molecule has 0 aliphatic rings. The minimum atomic E-state index is -0.386. The molecule has 102 valence electrons. The van der Waals surface area contributed by atoms with Crippen molar-refractivity contribution in [3.8, 4) is 0 Å². The van der Waals surface area contributed by atoms with Crippen LogP contribution in [0.3, 0.4) is 0 Å². The zero-order valence-electron chi connectivity index (χ0n) is 12.1. The zero-order chi connectivity index (χ0) is 14.1. The van der Waals surface area contributed by atoms with Gasteiger partial charge >= 0.3 is 0 Å². The van der Waals surface area contributed by atoms with Gasteiger partial charge in [-0.1, -0.05) is 0 Å². The van der Waals surface area contributed by atoms with Crippen molar-refractivity contribution in [3.63, 3.8) is 0 Å². The Hall–Kier alpha value is -1.36. The van der Waals surface area contributed by atoms with Crippen molar-refractivity contribution in [2.45, 2.75) is 58.7 Å². The summed E-state index contributed by atoms with van der Waals surface area (Å²) in [5.41, 5.74) is 5.11. The first-order chi connectivity index (χ1) is 8.05. The van der Waals surface area contributed by atoms with E-state index in [4.69, 9.17) is 5.73 Å². The van der Waals surface area contributed by atoms with Crippen LogP contribution >= 0.6 is 0 Å². The Morgan fingerprint density at radius 1 is 1.33 bits per heavy atom. The van der Waals surface area contributed by atoms with Crippen LogP contribution in [0.1, 0.15) is 41.5 Å². The summed E-state index contributed by atoms with van der Waals surface area (Å²) >= 11 is 0. The third-order valence-electron chi connectivity index (χ3n) is 3.14. The lowest BCUT2D eigenvalue weighted by Crippen LogP contribution is -2.49. The monoisotopic (exact) mass is 252 g/mol. The summed E-state index contributed by atoms with van der Waals surface area (Å²) in [4.78, 5) is 16.4. The van der Waals surface area contributed by atoms with Gasteiger partial charge in [-0.25, -0.2) is 4.98 Å². The maximum atomic E-state index is 12.3. The second kappa shape index (κ2) is 4.72. The van der Waals surface area contributed by atoms with E-state index >= 15 is 0 Å². The highest BCUT2D eigenvalue weighted by Crippen LogP contribution is 2.15. The lowest BCUT2D eigenvalue weighted by atomic mass is 9.97. The number of anilines is 1. The Kier molecular flexibility index (Phi) is 3.86. The third-order valence-corrected chi connectivity index (χ3v) is 3.14. The number of nitrogens with zero attached hydrogens (tertiary/aromatic N) is 2. The molecule has 1 atom stereocenters. The van der Waals surface area contributed by atoms with Gasteiger partial charge in [0, 0.05) is 29.5 Å². The van der Waals surface area contributed by atoms with Crippen molar-refractivity contribution in [2.75, 3.05) is 5.32 Å². The largest absolute Gasteiger partial charge is 0.359 e. The smallest absolute Gasteiger partial charge is 0.293 e. The van der Waals surface area contributed by atoms with Crippen LogP contribution < -0.4 is 16.6 Å². The summed E-state index contributed by atoms with van der Waals surface area (Å²) in [6.45, 7) is 11.7. The van der Waals surface area contributed by atoms with E-state index in [1.54, 1.807) is 17.0 Å². The molecule has 1 unspecified atom stereocenters. The van der Waals surface area contributed by atoms with Gasteiger partial charge in [0.25, 0.3) is 5.56 Å². The molecule has 0 aromatic carbocycles. The molecule has 1 aromatic heterocycles. The fourth-order valence-electron chi connectivity index (χ4n) is 1.44. The average molecular weight is 252 g/mol. The van der Waals surface area contributed by atoms with Gasteiger partial charge in [-0.3, -0.25) is 4.79 Å². The highest BCUT2D eigenvalue weighted by atomic mass is 16.1. The lowest BCUT2D eigenvalue weighted by molar-refractivity contribution is 0.381. The molecular weight excluding hydrogens is 228 g/mol. The second-order valence-electron chi connectivity index (χ2n) is 6.26. The van der Waals surface area contributed by atoms with Gasteiger partial charge in [0.1, 0.15) is 0 Å². The van der Waals surface area contributed by atoms with Crippen LogP contribution in [0.25, 0.3) is 0 Å². The van der Waals surface area contributed by atoms with E-state index in [0.29, 0.717) is 5.82 Å². The highest BCUT2D eigenvalue weighted by Gasteiger charge is 2.25.